The summed E-state index contributed by atoms with van der Waals surface area (Å²) < 4.78 is 33.6. The zero-order chi connectivity index (χ0) is 21.1. The molecule has 0 aliphatic carbocycles. The molecular weight excluding hydrogens is 400 g/mol. The Balaban J connectivity index is 1.59. The molecule has 0 aromatic heterocycles. The largest absolute Gasteiger partial charge is 0.476 e. The number of aryl methyl sites for hydroxylation is 1. The third-order valence-corrected chi connectivity index (χ3v) is 6.70. The molecule has 4 rings (SSSR count). The zero-order valence-corrected chi connectivity index (χ0v) is 17.3. The third kappa shape index (κ3) is 4.02. The van der Waals surface area contributed by atoms with Crippen molar-refractivity contribution in [2.24, 2.45) is 0 Å². The lowest BCUT2D eigenvalue weighted by Gasteiger charge is -2.34. The molecule has 1 atom stereocenters. The highest BCUT2D eigenvalue weighted by Crippen LogP contribution is 2.36. The summed E-state index contributed by atoms with van der Waals surface area (Å²) in [6.45, 7) is 2.22. The first-order valence-corrected chi connectivity index (χ1v) is 11.1. The molecule has 3 aromatic rings. The number of rotatable bonds is 5. The van der Waals surface area contributed by atoms with E-state index in [2.05, 4.69) is 5.32 Å². The average Bonchev–Trinajstić information content (AvgIpc) is 2.77. The highest BCUT2D eigenvalue weighted by Gasteiger charge is 2.37. The molecule has 7 heteroatoms. The molecule has 0 bridgehead atoms. The minimum atomic E-state index is -3.84. The molecule has 0 spiro atoms. The minimum absolute atomic E-state index is 0.103. The Morgan fingerprint density at radius 2 is 1.77 bits per heavy atom. The Labute approximate surface area is 176 Å². The van der Waals surface area contributed by atoms with Gasteiger partial charge in [0.25, 0.3) is 15.9 Å². The molecular formula is C23H22N2O4S. The van der Waals surface area contributed by atoms with Crippen LogP contribution in [0.3, 0.4) is 0 Å². The van der Waals surface area contributed by atoms with Gasteiger partial charge in [-0.3, -0.25) is 9.10 Å². The summed E-state index contributed by atoms with van der Waals surface area (Å²) in [5.41, 5.74) is 2.49. The maximum absolute atomic E-state index is 13.3. The molecule has 6 nitrogen and oxygen atoms in total. The van der Waals surface area contributed by atoms with E-state index in [1.54, 1.807) is 54.6 Å². The van der Waals surface area contributed by atoms with Crippen molar-refractivity contribution in [2.75, 3.05) is 10.8 Å². The van der Waals surface area contributed by atoms with Gasteiger partial charge in [0.1, 0.15) is 5.75 Å². The third-order valence-electron chi connectivity index (χ3n) is 4.91. The van der Waals surface area contributed by atoms with Crippen LogP contribution in [-0.2, 0) is 21.4 Å². The number of benzene rings is 3. The van der Waals surface area contributed by atoms with Crippen LogP contribution in [0.4, 0.5) is 5.69 Å². The van der Waals surface area contributed by atoms with Crippen LogP contribution in [0.5, 0.6) is 5.75 Å². The van der Waals surface area contributed by atoms with Crippen molar-refractivity contribution in [3.8, 4) is 5.75 Å². The van der Waals surface area contributed by atoms with Gasteiger partial charge in [0, 0.05) is 6.54 Å². The normalized spacial score (nSPS) is 15.8. The van der Waals surface area contributed by atoms with Crippen LogP contribution in [0.1, 0.15) is 11.1 Å². The zero-order valence-electron chi connectivity index (χ0n) is 16.5. The highest BCUT2D eigenvalue weighted by atomic mass is 32.2. The summed E-state index contributed by atoms with van der Waals surface area (Å²) in [4.78, 5) is 13.0. The van der Waals surface area contributed by atoms with Crippen LogP contribution in [0, 0.1) is 6.92 Å². The summed E-state index contributed by atoms with van der Waals surface area (Å²) in [7, 11) is -3.84. The number of anilines is 1. The van der Waals surface area contributed by atoms with Crippen LogP contribution >= 0.6 is 0 Å². The number of sulfonamides is 1. The first kappa shape index (κ1) is 20.0. The highest BCUT2D eigenvalue weighted by molar-refractivity contribution is 7.92. The predicted octanol–water partition coefficient (Wildman–Crippen LogP) is 3.27. The maximum Gasteiger partial charge on any atom is 0.264 e. The van der Waals surface area contributed by atoms with E-state index in [0.717, 1.165) is 11.1 Å². The van der Waals surface area contributed by atoms with E-state index in [-0.39, 0.29) is 17.3 Å². The molecule has 0 unspecified atom stereocenters. The SMILES string of the molecule is Cc1cccc(CNC(=O)[C@H]2CN(S(=O)(=O)c3ccccc3)c3ccccc3O2)c1. The van der Waals surface area contributed by atoms with E-state index in [9.17, 15) is 13.2 Å². The van der Waals surface area contributed by atoms with E-state index in [4.69, 9.17) is 4.74 Å². The topological polar surface area (TPSA) is 75.7 Å². The van der Waals surface area contributed by atoms with Crippen LogP contribution in [-0.4, -0.2) is 27.0 Å². The van der Waals surface area contributed by atoms with Gasteiger partial charge in [0.2, 0.25) is 0 Å². The number of carbonyl (C=O) groups is 1. The van der Waals surface area contributed by atoms with Crippen molar-refractivity contribution in [1.82, 2.24) is 5.32 Å². The van der Waals surface area contributed by atoms with Gasteiger partial charge in [0.15, 0.2) is 6.10 Å². The van der Waals surface area contributed by atoms with Gasteiger partial charge >= 0.3 is 0 Å². The number of hydrogen-bond donors (Lipinski definition) is 1. The fourth-order valence-corrected chi connectivity index (χ4v) is 4.91. The number of ether oxygens (including phenoxy) is 1. The summed E-state index contributed by atoms with van der Waals surface area (Å²) >= 11 is 0. The number of nitrogens with one attached hydrogen (secondary N) is 1. The molecule has 0 saturated carbocycles. The second kappa shape index (κ2) is 8.20. The van der Waals surface area contributed by atoms with Crippen molar-refractivity contribution < 1.29 is 17.9 Å². The fourth-order valence-electron chi connectivity index (χ4n) is 3.41. The second-order valence-electron chi connectivity index (χ2n) is 7.13. The van der Waals surface area contributed by atoms with Crippen molar-refractivity contribution in [1.29, 1.82) is 0 Å². The van der Waals surface area contributed by atoms with Crippen molar-refractivity contribution in [3.05, 3.63) is 90.0 Å². The van der Waals surface area contributed by atoms with E-state index in [0.29, 0.717) is 18.0 Å². The van der Waals surface area contributed by atoms with Crippen LogP contribution in [0.15, 0.2) is 83.8 Å². The standard InChI is InChI=1S/C23H22N2O4S/c1-17-8-7-9-18(14-17)15-24-23(26)22-16-25(20-12-5-6-13-21(20)29-22)30(27,28)19-10-3-2-4-11-19/h2-14,22H,15-16H2,1H3,(H,24,26)/t22-/m1/s1. The van der Waals surface area contributed by atoms with Gasteiger partial charge in [-0.2, -0.15) is 0 Å². The van der Waals surface area contributed by atoms with Gasteiger partial charge in [0.05, 0.1) is 17.1 Å². The Hall–Kier alpha value is -3.32. The molecule has 1 heterocycles. The van der Waals surface area contributed by atoms with Crippen molar-refractivity contribution in [2.45, 2.75) is 24.5 Å². The number of fused-ring (bicyclic) bond motifs is 1. The molecule has 3 aromatic carbocycles. The molecule has 0 fully saturated rings. The Bertz CT molecular complexity index is 1160. The molecule has 30 heavy (non-hydrogen) atoms. The van der Waals surface area contributed by atoms with Gasteiger partial charge in [-0.1, -0.05) is 60.2 Å². The molecule has 1 N–H and O–H groups in total. The molecule has 0 saturated heterocycles. The molecule has 1 amide bonds. The van der Waals surface area contributed by atoms with E-state index in [1.165, 1.54) is 4.31 Å². The van der Waals surface area contributed by atoms with Gasteiger partial charge in [-0.25, -0.2) is 8.42 Å². The van der Waals surface area contributed by atoms with Crippen LogP contribution in [0.2, 0.25) is 0 Å². The van der Waals surface area contributed by atoms with Gasteiger partial charge < -0.3 is 10.1 Å². The van der Waals surface area contributed by atoms with Gasteiger partial charge in [-0.15, -0.1) is 0 Å². The fraction of sp³-hybridized carbons (Fsp3) is 0.174. The summed E-state index contributed by atoms with van der Waals surface area (Å²) in [6, 6.07) is 22.9. The minimum Gasteiger partial charge on any atom is -0.476 e. The smallest absolute Gasteiger partial charge is 0.264 e. The first-order valence-electron chi connectivity index (χ1n) is 9.62. The maximum atomic E-state index is 13.3. The lowest BCUT2D eigenvalue weighted by atomic mass is 10.1. The molecule has 0 radical (unpaired) electrons. The van der Waals surface area contributed by atoms with E-state index < -0.39 is 16.1 Å². The van der Waals surface area contributed by atoms with Gasteiger partial charge in [-0.05, 0) is 36.8 Å². The quantitative estimate of drug-likeness (QED) is 0.685. The lowest BCUT2D eigenvalue weighted by molar-refractivity contribution is -0.127. The Morgan fingerprint density at radius 3 is 2.53 bits per heavy atom. The summed E-state index contributed by atoms with van der Waals surface area (Å²) in [5, 5.41) is 2.85. The second-order valence-corrected chi connectivity index (χ2v) is 8.99. The lowest BCUT2D eigenvalue weighted by Crippen LogP contribution is -2.50. The number of nitrogens with zero attached hydrogens (tertiary/aromatic N) is 1. The number of carbonyl (C=O) groups excluding carboxylic acids is 1. The monoisotopic (exact) mass is 422 g/mol. The average molecular weight is 423 g/mol. The Morgan fingerprint density at radius 1 is 1.03 bits per heavy atom. The van der Waals surface area contributed by atoms with Crippen LogP contribution in [0.25, 0.3) is 0 Å². The molecule has 154 valence electrons. The van der Waals surface area contributed by atoms with Crippen LogP contribution < -0.4 is 14.4 Å². The van der Waals surface area contributed by atoms with E-state index >= 15 is 0 Å². The van der Waals surface area contributed by atoms with E-state index in [1.807, 2.05) is 31.2 Å². The first-order chi connectivity index (χ1) is 14.4. The molecule has 1 aliphatic heterocycles. The Kier molecular flexibility index (Phi) is 5.46. The number of amides is 1. The van der Waals surface area contributed by atoms with Crippen molar-refractivity contribution in [3.63, 3.8) is 0 Å². The number of hydrogen-bond acceptors (Lipinski definition) is 4. The number of para-hydroxylation sites is 2. The molecule has 1 aliphatic rings. The predicted molar refractivity (Wildman–Crippen MR) is 115 cm³/mol. The summed E-state index contributed by atoms with van der Waals surface area (Å²) in [6.07, 6.45) is -0.955. The summed E-state index contributed by atoms with van der Waals surface area (Å²) in [5.74, 6) is -0.00164. The van der Waals surface area contributed by atoms with Crippen molar-refractivity contribution >= 4 is 21.6 Å².